The number of pyridine rings is 1. The molecule has 1 N–H and O–H groups in total. The first-order valence-electron chi connectivity index (χ1n) is 13.0. The Bertz CT molecular complexity index is 1780. The number of benzene rings is 3. The molecule has 200 valence electrons. The first kappa shape index (κ1) is 25.4. The van der Waals surface area contributed by atoms with Gasteiger partial charge >= 0.3 is 0 Å². The molecule has 0 spiro atoms. The maximum absolute atomic E-state index is 13.7. The fraction of sp³-hybridized carbons (Fsp3) is 0.161. The molecule has 3 aromatic heterocycles. The van der Waals surface area contributed by atoms with E-state index in [1.54, 1.807) is 23.1 Å². The summed E-state index contributed by atoms with van der Waals surface area (Å²) in [6.07, 6.45) is 1.63. The van der Waals surface area contributed by atoms with Gasteiger partial charge in [-0.2, -0.15) is 0 Å². The van der Waals surface area contributed by atoms with Crippen LogP contribution in [0.25, 0.3) is 10.9 Å². The molecule has 0 saturated heterocycles. The fourth-order valence-electron chi connectivity index (χ4n) is 4.98. The van der Waals surface area contributed by atoms with Crippen molar-refractivity contribution < 1.29 is 8.81 Å². The molecule has 0 aliphatic carbocycles. The third-order valence-electron chi connectivity index (χ3n) is 6.91. The van der Waals surface area contributed by atoms with E-state index in [2.05, 4.69) is 25.4 Å². The Balaban J connectivity index is 1.51. The zero-order valence-electron chi connectivity index (χ0n) is 21.9. The fourth-order valence-corrected chi connectivity index (χ4v) is 4.98. The minimum Gasteiger partial charge on any atom is -0.468 e. The van der Waals surface area contributed by atoms with Crippen molar-refractivity contribution in [1.82, 2.24) is 30.1 Å². The number of aromatic amines is 1. The first-order valence-corrected chi connectivity index (χ1v) is 13.0. The summed E-state index contributed by atoms with van der Waals surface area (Å²) in [4.78, 5) is 18.9. The molecular formula is C31H27FN6O2. The second kappa shape index (κ2) is 11.1. The number of aryl methyl sites for hydroxylation is 1. The SMILES string of the molecule is Cc1ccc2cc(C(c3nnnn3Cc3ccc(F)cc3)N(Cc3ccccc3)Cc3ccco3)c(=O)[nH]c2c1. The Kier molecular flexibility index (Phi) is 7.03. The van der Waals surface area contributed by atoms with E-state index in [-0.39, 0.29) is 11.4 Å². The van der Waals surface area contributed by atoms with Crippen LogP contribution >= 0.6 is 0 Å². The van der Waals surface area contributed by atoms with E-state index in [0.717, 1.165) is 33.4 Å². The van der Waals surface area contributed by atoms with E-state index in [1.807, 2.05) is 73.7 Å². The van der Waals surface area contributed by atoms with Crippen LogP contribution in [0.4, 0.5) is 4.39 Å². The molecule has 1 unspecified atom stereocenters. The number of hydrogen-bond donors (Lipinski definition) is 1. The zero-order valence-corrected chi connectivity index (χ0v) is 21.9. The van der Waals surface area contributed by atoms with Gasteiger partial charge in [-0.3, -0.25) is 9.69 Å². The van der Waals surface area contributed by atoms with E-state index >= 15 is 0 Å². The van der Waals surface area contributed by atoms with Crippen molar-refractivity contribution in [2.75, 3.05) is 0 Å². The van der Waals surface area contributed by atoms with Crippen LogP contribution in [0.15, 0.2) is 106 Å². The van der Waals surface area contributed by atoms with Gasteiger partial charge in [-0.15, -0.1) is 5.10 Å². The van der Waals surface area contributed by atoms with Crippen LogP contribution in [0, 0.1) is 12.7 Å². The van der Waals surface area contributed by atoms with E-state index < -0.39 is 6.04 Å². The van der Waals surface area contributed by atoms with Crippen LogP contribution in [0.3, 0.4) is 0 Å². The van der Waals surface area contributed by atoms with E-state index in [1.165, 1.54) is 12.1 Å². The molecule has 1 atom stereocenters. The summed E-state index contributed by atoms with van der Waals surface area (Å²) >= 11 is 0. The van der Waals surface area contributed by atoms with Gasteiger partial charge in [-0.1, -0.05) is 54.6 Å². The molecular weight excluding hydrogens is 507 g/mol. The second-order valence-electron chi connectivity index (χ2n) is 9.84. The van der Waals surface area contributed by atoms with Crippen LogP contribution < -0.4 is 5.56 Å². The molecule has 3 aromatic carbocycles. The Labute approximate surface area is 229 Å². The summed E-state index contributed by atoms with van der Waals surface area (Å²) in [5.74, 6) is 0.916. The molecule has 9 heteroatoms. The van der Waals surface area contributed by atoms with E-state index in [0.29, 0.717) is 31.0 Å². The van der Waals surface area contributed by atoms with Crippen LogP contribution in [0.1, 0.15) is 39.9 Å². The number of nitrogens with one attached hydrogen (secondary N) is 1. The van der Waals surface area contributed by atoms with Crippen molar-refractivity contribution in [2.24, 2.45) is 0 Å². The lowest BCUT2D eigenvalue weighted by atomic mass is 10.0. The quantitative estimate of drug-likeness (QED) is 0.267. The number of halogens is 1. The van der Waals surface area contributed by atoms with Crippen LogP contribution in [0.2, 0.25) is 0 Å². The van der Waals surface area contributed by atoms with Gasteiger partial charge in [0.25, 0.3) is 5.56 Å². The predicted octanol–water partition coefficient (Wildman–Crippen LogP) is 5.40. The van der Waals surface area contributed by atoms with Crippen molar-refractivity contribution in [1.29, 1.82) is 0 Å². The molecule has 6 aromatic rings. The van der Waals surface area contributed by atoms with E-state index in [4.69, 9.17) is 4.42 Å². The molecule has 0 bridgehead atoms. The van der Waals surface area contributed by atoms with Gasteiger partial charge < -0.3 is 9.40 Å². The summed E-state index contributed by atoms with van der Waals surface area (Å²) in [6, 6.07) is 27.2. The molecule has 6 rings (SSSR count). The third kappa shape index (κ3) is 5.45. The lowest BCUT2D eigenvalue weighted by molar-refractivity contribution is 0.179. The highest BCUT2D eigenvalue weighted by Crippen LogP contribution is 2.30. The second-order valence-corrected chi connectivity index (χ2v) is 9.84. The molecule has 0 radical (unpaired) electrons. The Hall–Kier alpha value is -4.89. The molecule has 0 fully saturated rings. The molecule has 0 aliphatic heterocycles. The summed E-state index contributed by atoms with van der Waals surface area (Å²) in [5.41, 5.74) is 3.99. The number of H-pyrrole nitrogens is 1. The molecule has 3 heterocycles. The van der Waals surface area contributed by atoms with Crippen molar-refractivity contribution in [3.8, 4) is 0 Å². The van der Waals surface area contributed by atoms with Gasteiger partial charge in [0.1, 0.15) is 17.6 Å². The van der Waals surface area contributed by atoms with Crippen LogP contribution in [-0.4, -0.2) is 30.1 Å². The van der Waals surface area contributed by atoms with Crippen molar-refractivity contribution in [3.63, 3.8) is 0 Å². The number of nitrogens with zero attached hydrogens (tertiary/aromatic N) is 5. The number of hydrogen-bond acceptors (Lipinski definition) is 6. The maximum Gasteiger partial charge on any atom is 0.253 e. The molecule has 0 aliphatic rings. The number of tetrazole rings is 1. The standard InChI is InChI=1S/C31H27FN6O2/c1-21-9-12-24-17-27(31(39)33-28(24)16-21)29(30-34-35-36-38(30)19-23-10-13-25(32)14-11-23)37(20-26-8-5-15-40-26)18-22-6-3-2-4-7-22/h2-17,29H,18-20H2,1H3,(H,33,39). The first-order chi connectivity index (χ1) is 19.5. The number of fused-ring (bicyclic) bond motifs is 1. The highest BCUT2D eigenvalue weighted by atomic mass is 19.1. The number of furan rings is 1. The van der Waals surface area contributed by atoms with Gasteiger partial charge in [0, 0.05) is 17.6 Å². The molecule has 8 nitrogen and oxygen atoms in total. The largest absolute Gasteiger partial charge is 0.468 e. The summed E-state index contributed by atoms with van der Waals surface area (Å²) < 4.78 is 21.0. The summed E-state index contributed by atoms with van der Waals surface area (Å²) in [5, 5.41) is 13.6. The predicted molar refractivity (Wildman–Crippen MR) is 149 cm³/mol. The highest BCUT2D eigenvalue weighted by Gasteiger charge is 2.31. The minimum absolute atomic E-state index is 0.225. The monoisotopic (exact) mass is 534 g/mol. The Morgan fingerprint density at radius 1 is 0.950 bits per heavy atom. The van der Waals surface area contributed by atoms with Gasteiger partial charge in [-0.05, 0) is 75.8 Å². The highest BCUT2D eigenvalue weighted by molar-refractivity contribution is 5.79. The number of aromatic nitrogens is 5. The summed E-state index contributed by atoms with van der Waals surface area (Å²) in [7, 11) is 0. The number of rotatable bonds is 9. The van der Waals surface area contributed by atoms with Crippen LogP contribution in [-0.2, 0) is 19.6 Å². The minimum atomic E-state index is -0.629. The van der Waals surface area contributed by atoms with Gasteiger partial charge in [-0.25, -0.2) is 9.07 Å². The van der Waals surface area contributed by atoms with Crippen molar-refractivity contribution in [3.05, 3.63) is 147 Å². The van der Waals surface area contributed by atoms with Crippen molar-refractivity contribution in [2.45, 2.75) is 32.6 Å². The Morgan fingerprint density at radius 2 is 1.77 bits per heavy atom. The molecule has 40 heavy (non-hydrogen) atoms. The summed E-state index contributed by atoms with van der Waals surface area (Å²) in [6.45, 7) is 3.20. The van der Waals surface area contributed by atoms with E-state index in [9.17, 15) is 9.18 Å². The zero-order chi connectivity index (χ0) is 27.5. The lowest BCUT2D eigenvalue weighted by Gasteiger charge is -2.30. The van der Waals surface area contributed by atoms with Crippen molar-refractivity contribution >= 4 is 10.9 Å². The lowest BCUT2D eigenvalue weighted by Crippen LogP contribution is -2.34. The van der Waals surface area contributed by atoms with Crippen LogP contribution in [0.5, 0.6) is 0 Å². The molecule has 0 amide bonds. The Morgan fingerprint density at radius 3 is 2.55 bits per heavy atom. The van der Waals surface area contributed by atoms with Gasteiger partial charge in [0.2, 0.25) is 0 Å². The average Bonchev–Trinajstić information content (AvgIpc) is 3.63. The average molecular weight is 535 g/mol. The smallest absolute Gasteiger partial charge is 0.253 e. The normalized spacial score (nSPS) is 12.3. The third-order valence-corrected chi connectivity index (χ3v) is 6.91. The molecule has 0 saturated carbocycles. The van der Waals surface area contributed by atoms with Gasteiger partial charge in [0.15, 0.2) is 5.82 Å². The van der Waals surface area contributed by atoms with Gasteiger partial charge in [0.05, 0.1) is 19.4 Å². The maximum atomic E-state index is 13.7. The topological polar surface area (TPSA) is 92.8 Å².